The molecule has 14 heavy (non-hydrogen) atoms. The zero-order chi connectivity index (χ0) is 10.9. The Morgan fingerprint density at radius 3 is 1.71 bits per heavy atom. The van der Waals surface area contributed by atoms with Crippen LogP contribution >= 0.6 is 0 Å². The van der Waals surface area contributed by atoms with Gasteiger partial charge in [0.05, 0.1) is 0 Å². The van der Waals surface area contributed by atoms with Crippen molar-refractivity contribution in [2.45, 2.75) is 59.0 Å². The van der Waals surface area contributed by atoms with Gasteiger partial charge in [0.2, 0.25) is 0 Å². The first kappa shape index (κ1) is 14.1. The van der Waals surface area contributed by atoms with Crippen molar-refractivity contribution in [3.05, 3.63) is 0 Å². The fourth-order valence-electron chi connectivity index (χ4n) is 1.81. The molecular weight excluding hydrogens is 192 g/mol. The Balaban J connectivity index is 4.21. The molecule has 0 fully saturated rings. The quantitative estimate of drug-likeness (QED) is 0.549. The average Bonchev–Trinajstić information content (AvgIpc) is 2.16. The highest BCUT2D eigenvalue weighted by Crippen LogP contribution is 2.23. The van der Waals surface area contributed by atoms with E-state index in [2.05, 4.69) is 27.7 Å². The van der Waals surface area contributed by atoms with E-state index < -0.39 is 8.56 Å². The van der Waals surface area contributed by atoms with E-state index in [0.29, 0.717) is 0 Å². The van der Waals surface area contributed by atoms with E-state index in [1.54, 1.807) is 0 Å². The van der Waals surface area contributed by atoms with Crippen molar-refractivity contribution in [1.29, 1.82) is 0 Å². The van der Waals surface area contributed by atoms with Crippen molar-refractivity contribution < 1.29 is 8.85 Å². The Morgan fingerprint density at radius 1 is 0.786 bits per heavy atom. The Bertz CT molecular complexity index is 111. The molecular formula is C11H26O2Si. The van der Waals surface area contributed by atoms with E-state index in [0.717, 1.165) is 19.3 Å². The van der Waals surface area contributed by atoms with Gasteiger partial charge in [-0.25, -0.2) is 0 Å². The van der Waals surface area contributed by atoms with Crippen molar-refractivity contribution in [2.24, 2.45) is 0 Å². The van der Waals surface area contributed by atoms with Crippen LogP contribution in [0.4, 0.5) is 0 Å². The third kappa shape index (κ3) is 5.13. The largest absolute Gasteiger partial charge is 0.394 e. The lowest BCUT2D eigenvalue weighted by Gasteiger charge is -2.29. The molecule has 0 atom stereocenters. The molecule has 0 aromatic rings. The smallest absolute Gasteiger partial charge is 0.338 e. The van der Waals surface area contributed by atoms with Crippen molar-refractivity contribution in [1.82, 2.24) is 0 Å². The van der Waals surface area contributed by atoms with Gasteiger partial charge < -0.3 is 8.85 Å². The van der Waals surface area contributed by atoms with Gasteiger partial charge in [-0.3, -0.25) is 0 Å². The topological polar surface area (TPSA) is 18.5 Å². The van der Waals surface area contributed by atoms with E-state index in [1.807, 2.05) is 0 Å². The Morgan fingerprint density at radius 2 is 1.36 bits per heavy atom. The lowest BCUT2D eigenvalue weighted by Crippen LogP contribution is -2.42. The van der Waals surface area contributed by atoms with Gasteiger partial charge in [0.25, 0.3) is 0 Å². The highest BCUT2D eigenvalue weighted by Gasteiger charge is 2.34. The van der Waals surface area contributed by atoms with Gasteiger partial charge >= 0.3 is 8.56 Å². The van der Waals surface area contributed by atoms with Crippen molar-refractivity contribution in [3.63, 3.8) is 0 Å². The summed E-state index contributed by atoms with van der Waals surface area (Å²) in [7, 11) is -1.82. The molecule has 0 radical (unpaired) electrons. The third-order valence-electron chi connectivity index (χ3n) is 2.36. The fraction of sp³-hybridized carbons (Fsp3) is 1.00. The summed E-state index contributed by atoms with van der Waals surface area (Å²) in [6.07, 6.45) is 3.65. The summed E-state index contributed by atoms with van der Waals surface area (Å²) in [4.78, 5) is 0. The van der Waals surface area contributed by atoms with Crippen molar-refractivity contribution in [2.75, 3.05) is 13.2 Å². The van der Waals surface area contributed by atoms with Crippen molar-refractivity contribution >= 4 is 8.56 Å². The van der Waals surface area contributed by atoms with Gasteiger partial charge in [-0.1, -0.05) is 33.1 Å². The van der Waals surface area contributed by atoms with E-state index in [1.165, 1.54) is 25.3 Å². The lowest BCUT2D eigenvalue weighted by molar-refractivity contribution is 0.181. The molecule has 86 valence electrons. The number of rotatable bonds is 9. The molecule has 0 amide bonds. The molecule has 0 aliphatic carbocycles. The van der Waals surface area contributed by atoms with Crippen LogP contribution in [0.1, 0.15) is 47.0 Å². The Hall–Kier alpha value is 0.137. The highest BCUT2D eigenvalue weighted by atomic mass is 28.4. The second kappa shape index (κ2) is 8.45. The molecule has 0 aromatic heterocycles. The van der Waals surface area contributed by atoms with Gasteiger partial charge in [0.15, 0.2) is 0 Å². The van der Waals surface area contributed by atoms with Crippen LogP contribution in [-0.4, -0.2) is 21.8 Å². The normalized spacial score (nSPS) is 12.0. The molecule has 0 spiro atoms. The predicted molar refractivity (Wildman–Crippen MR) is 63.8 cm³/mol. The van der Waals surface area contributed by atoms with Gasteiger partial charge in [-0.2, -0.15) is 0 Å². The Kier molecular flexibility index (Phi) is 8.53. The van der Waals surface area contributed by atoms with Gasteiger partial charge in [-0.05, 0) is 25.9 Å². The van der Waals surface area contributed by atoms with Gasteiger partial charge in [0, 0.05) is 13.2 Å². The SMILES string of the molecule is CCCC[Si](CCC)(OCC)OCC. The summed E-state index contributed by atoms with van der Waals surface area (Å²) in [5.74, 6) is 0. The summed E-state index contributed by atoms with van der Waals surface area (Å²) < 4.78 is 11.9. The molecule has 0 aliphatic rings. The highest BCUT2D eigenvalue weighted by molar-refractivity contribution is 6.67. The summed E-state index contributed by atoms with van der Waals surface area (Å²) in [5.41, 5.74) is 0. The summed E-state index contributed by atoms with van der Waals surface area (Å²) >= 11 is 0. The summed E-state index contributed by atoms with van der Waals surface area (Å²) in [5, 5.41) is 0. The molecule has 3 heteroatoms. The zero-order valence-electron chi connectivity index (χ0n) is 10.3. The van der Waals surface area contributed by atoms with Crippen LogP contribution in [0, 0.1) is 0 Å². The predicted octanol–water partition coefficient (Wildman–Crippen LogP) is 3.71. The van der Waals surface area contributed by atoms with E-state index >= 15 is 0 Å². The van der Waals surface area contributed by atoms with Crippen LogP contribution in [0.2, 0.25) is 12.1 Å². The molecule has 0 N–H and O–H groups in total. The van der Waals surface area contributed by atoms with Crippen LogP contribution in [0.5, 0.6) is 0 Å². The molecule has 0 aliphatic heterocycles. The van der Waals surface area contributed by atoms with E-state index in [-0.39, 0.29) is 0 Å². The lowest BCUT2D eigenvalue weighted by atomic mass is 10.4. The molecule has 0 bridgehead atoms. The van der Waals surface area contributed by atoms with Crippen LogP contribution in [0.25, 0.3) is 0 Å². The maximum absolute atomic E-state index is 5.93. The van der Waals surface area contributed by atoms with Gasteiger partial charge in [0.1, 0.15) is 0 Å². The third-order valence-corrected chi connectivity index (χ3v) is 6.36. The average molecular weight is 218 g/mol. The van der Waals surface area contributed by atoms with Crippen LogP contribution in [0.3, 0.4) is 0 Å². The molecule has 2 nitrogen and oxygen atoms in total. The zero-order valence-corrected chi connectivity index (χ0v) is 11.3. The second-order valence-corrected chi connectivity index (χ2v) is 7.03. The minimum Gasteiger partial charge on any atom is -0.394 e. The molecule has 0 saturated carbocycles. The van der Waals surface area contributed by atoms with E-state index in [9.17, 15) is 0 Å². The minimum absolute atomic E-state index is 0.802. The van der Waals surface area contributed by atoms with Crippen molar-refractivity contribution in [3.8, 4) is 0 Å². The molecule has 0 rings (SSSR count). The van der Waals surface area contributed by atoms with Crippen LogP contribution in [-0.2, 0) is 8.85 Å². The molecule has 0 heterocycles. The van der Waals surface area contributed by atoms with E-state index in [4.69, 9.17) is 8.85 Å². The first-order valence-electron chi connectivity index (χ1n) is 6.02. The van der Waals surface area contributed by atoms with Gasteiger partial charge in [-0.15, -0.1) is 0 Å². The Labute approximate surface area is 90.2 Å². The second-order valence-electron chi connectivity index (χ2n) is 3.63. The molecule has 0 aromatic carbocycles. The standard InChI is InChI=1S/C11H26O2Si/c1-5-9-11-14(10-6-2,12-7-3)13-8-4/h5-11H2,1-4H3. The number of unbranched alkanes of at least 4 members (excludes halogenated alkanes) is 1. The number of hydrogen-bond acceptors (Lipinski definition) is 2. The summed E-state index contributed by atoms with van der Waals surface area (Å²) in [6, 6.07) is 2.31. The monoisotopic (exact) mass is 218 g/mol. The first-order chi connectivity index (χ1) is 6.74. The van der Waals surface area contributed by atoms with Crippen LogP contribution in [0.15, 0.2) is 0 Å². The molecule has 0 saturated heterocycles. The fourth-order valence-corrected chi connectivity index (χ4v) is 5.43. The maximum atomic E-state index is 5.93. The summed E-state index contributed by atoms with van der Waals surface area (Å²) in [6.45, 7) is 10.2. The minimum atomic E-state index is -1.82. The van der Waals surface area contributed by atoms with Crippen LogP contribution < -0.4 is 0 Å². The maximum Gasteiger partial charge on any atom is 0.338 e. The molecule has 0 unspecified atom stereocenters. The number of hydrogen-bond donors (Lipinski definition) is 0. The first-order valence-corrected chi connectivity index (χ1v) is 8.25.